The fraction of sp³-hybridized carbons (Fsp3) is 0.179. The quantitative estimate of drug-likeness (QED) is 0.149. The molecule has 1 heterocycles. The Balaban J connectivity index is 1.22. The number of amidine groups is 1. The van der Waals surface area contributed by atoms with Crippen molar-refractivity contribution in [3.8, 4) is 5.75 Å². The molecule has 8 heteroatoms. The van der Waals surface area contributed by atoms with Crippen LogP contribution in [0.5, 0.6) is 5.75 Å². The van der Waals surface area contributed by atoms with Gasteiger partial charge in [0.25, 0.3) is 5.91 Å². The van der Waals surface area contributed by atoms with Crippen LogP contribution in [0.25, 0.3) is 6.08 Å². The number of carbonyl (C=O) groups is 2. The Kier molecular flexibility index (Phi) is 8.23. The van der Waals surface area contributed by atoms with E-state index in [0.29, 0.717) is 16.9 Å². The molecule has 1 aliphatic rings. The Labute approximate surface area is 210 Å². The Morgan fingerprint density at radius 2 is 1.53 bits per heavy atom. The maximum Gasteiger partial charge on any atom is 0.343 e. The molecule has 184 valence electrons. The number of ether oxygens (including phenoxy) is 1. The second-order valence-electron chi connectivity index (χ2n) is 8.51. The van der Waals surface area contributed by atoms with Gasteiger partial charge in [0.2, 0.25) is 0 Å². The molecule has 1 aliphatic heterocycles. The highest BCUT2D eigenvalue weighted by atomic mass is 16.5. The third-order valence-electron chi connectivity index (χ3n) is 5.84. The molecule has 8 nitrogen and oxygen atoms in total. The molecule has 1 amide bonds. The molecule has 0 aliphatic carbocycles. The van der Waals surface area contributed by atoms with Crippen LogP contribution in [0, 0.1) is 5.41 Å². The fourth-order valence-corrected chi connectivity index (χ4v) is 3.82. The van der Waals surface area contributed by atoms with E-state index < -0.39 is 5.97 Å². The van der Waals surface area contributed by atoms with Crippen LogP contribution in [-0.2, 0) is 11.3 Å². The van der Waals surface area contributed by atoms with Crippen molar-refractivity contribution in [3.05, 3.63) is 107 Å². The average molecular weight is 484 g/mol. The van der Waals surface area contributed by atoms with Gasteiger partial charge in [-0.25, -0.2) is 9.80 Å². The molecule has 0 saturated carbocycles. The monoisotopic (exact) mass is 483 g/mol. The van der Waals surface area contributed by atoms with Gasteiger partial charge in [0, 0.05) is 44.4 Å². The minimum atomic E-state index is -0.495. The van der Waals surface area contributed by atoms with Crippen LogP contribution < -0.4 is 15.9 Å². The van der Waals surface area contributed by atoms with Crippen LogP contribution in [-0.4, -0.2) is 53.8 Å². The number of hydrogen-bond donors (Lipinski definition) is 3. The SMILES string of the molecule is N=C(N)c1ccc(OC(=O)c2ccc(C=CC(=O)NN3CCN(Cc4ccccc4)CC3)cc2)cc1. The van der Waals surface area contributed by atoms with E-state index in [1.807, 2.05) is 11.1 Å². The number of benzene rings is 3. The van der Waals surface area contributed by atoms with Crippen LogP contribution in [0.1, 0.15) is 27.0 Å². The van der Waals surface area contributed by atoms with Crippen molar-refractivity contribution >= 4 is 23.8 Å². The first kappa shape index (κ1) is 24.8. The highest BCUT2D eigenvalue weighted by Crippen LogP contribution is 2.15. The van der Waals surface area contributed by atoms with E-state index in [4.69, 9.17) is 15.9 Å². The molecule has 0 aromatic heterocycles. The van der Waals surface area contributed by atoms with Crippen molar-refractivity contribution in [1.29, 1.82) is 5.41 Å². The Morgan fingerprint density at radius 1 is 0.889 bits per heavy atom. The van der Waals surface area contributed by atoms with Gasteiger partial charge in [-0.3, -0.25) is 20.5 Å². The van der Waals surface area contributed by atoms with Gasteiger partial charge in [0.15, 0.2) is 0 Å². The lowest BCUT2D eigenvalue weighted by molar-refractivity contribution is -0.121. The highest BCUT2D eigenvalue weighted by molar-refractivity contribution is 5.95. The molecule has 1 saturated heterocycles. The van der Waals surface area contributed by atoms with Crippen molar-refractivity contribution in [2.45, 2.75) is 6.54 Å². The van der Waals surface area contributed by atoms with Gasteiger partial charge < -0.3 is 10.5 Å². The van der Waals surface area contributed by atoms with Crippen molar-refractivity contribution in [2.75, 3.05) is 26.2 Å². The number of piperazine rings is 1. The van der Waals surface area contributed by atoms with Gasteiger partial charge in [-0.1, -0.05) is 42.5 Å². The van der Waals surface area contributed by atoms with Gasteiger partial charge in [-0.15, -0.1) is 0 Å². The molecule has 1 fully saturated rings. The summed E-state index contributed by atoms with van der Waals surface area (Å²) in [5.74, 6) is -0.368. The van der Waals surface area contributed by atoms with Crippen molar-refractivity contribution in [2.24, 2.45) is 5.73 Å². The smallest absolute Gasteiger partial charge is 0.343 e. The van der Waals surface area contributed by atoms with Crippen LogP contribution in [0.4, 0.5) is 0 Å². The van der Waals surface area contributed by atoms with Gasteiger partial charge in [0.1, 0.15) is 11.6 Å². The van der Waals surface area contributed by atoms with E-state index in [1.54, 1.807) is 54.6 Å². The van der Waals surface area contributed by atoms with E-state index in [9.17, 15) is 9.59 Å². The van der Waals surface area contributed by atoms with Crippen LogP contribution in [0.15, 0.2) is 84.9 Å². The molecule has 0 atom stereocenters. The molecule has 4 N–H and O–H groups in total. The Morgan fingerprint density at radius 3 is 2.17 bits per heavy atom. The third kappa shape index (κ3) is 7.11. The number of nitrogens with two attached hydrogens (primary N) is 1. The van der Waals surface area contributed by atoms with E-state index in [1.165, 1.54) is 11.6 Å². The number of nitrogen functional groups attached to an aromatic ring is 1. The number of nitrogens with zero attached hydrogens (tertiary/aromatic N) is 2. The zero-order chi connectivity index (χ0) is 25.3. The van der Waals surface area contributed by atoms with E-state index in [-0.39, 0.29) is 11.7 Å². The van der Waals surface area contributed by atoms with Crippen molar-refractivity contribution in [3.63, 3.8) is 0 Å². The summed E-state index contributed by atoms with van der Waals surface area (Å²) in [5, 5.41) is 9.35. The summed E-state index contributed by atoms with van der Waals surface area (Å²) in [5.41, 5.74) is 11.4. The molecule has 0 bridgehead atoms. The van der Waals surface area contributed by atoms with Crippen molar-refractivity contribution in [1.82, 2.24) is 15.3 Å². The first-order valence-electron chi connectivity index (χ1n) is 11.7. The zero-order valence-electron chi connectivity index (χ0n) is 19.9. The molecule has 3 aromatic carbocycles. The average Bonchev–Trinajstić information content (AvgIpc) is 2.90. The molecule has 4 rings (SSSR count). The van der Waals surface area contributed by atoms with Crippen molar-refractivity contribution < 1.29 is 14.3 Å². The van der Waals surface area contributed by atoms with Crippen LogP contribution >= 0.6 is 0 Å². The number of rotatable bonds is 8. The largest absolute Gasteiger partial charge is 0.423 e. The van der Waals surface area contributed by atoms with Crippen LogP contribution in [0.3, 0.4) is 0 Å². The predicted molar refractivity (Wildman–Crippen MR) is 139 cm³/mol. The molecule has 0 unspecified atom stereocenters. The summed E-state index contributed by atoms with van der Waals surface area (Å²) < 4.78 is 5.36. The minimum Gasteiger partial charge on any atom is -0.423 e. The van der Waals surface area contributed by atoms with E-state index in [0.717, 1.165) is 38.3 Å². The van der Waals surface area contributed by atoms with E-state index in [2.05, 4.69) is 34.6 Å². The number of carbonyl (C=O) groups excluding carboxylic acids is 2. The van der Waals surface area contributed by atoms with Gasteiger partial charge >= 0.3 is 5.97 Å². The lowest BCUT2D eigenvalue weighted by Crippen LogP contribution is -2.52. The van der Waals surface area contributed by atoms with E-state index >= 15 is 0 Å². The zero-order valence-corrected chi connectivity index (χ0v) is 19.9. The molecule has 0 radical (unpaired) electrons. The second kappa shape index (κ2) is 11.9. The molecule has 36 heavy (non-hydrogen) atoms. The van der Waals surface area contributed by atoms with Gasteiger partial charge in [-0.2, -0.15) is 0 Å². The molecule has 3 aromatic rings. The maximum absolute atomic E-state index is 12.4. The molecule has 0 spiro atoms. The van der Waals surface area contributed by atoms with Crippen LogP contribution in [0.2, 0.25) is 0 Å². The van der Waals surface area contributed by atoms with Gasteiger partial charge in [-0.05, 0) is 53.6 Å². The predicted octanol–water partition coefficient (Wildman–Crippen LogP) is 3.05. The molecular weight excluding hydrogens is 454 g/mol. The number of amides is 1. The highest BCUT2D eigenvalue weighted by Gasteiger charge is 2.17. The number of nitrogens with one attached hydrogen (secondary N) is 2. The lowest BCUT2D eigenvalue weighted by atomic mass is 10.1. The lowest BCUT2D eigenvalue weighted by Gasteiger charge is -2.34. The first-order valence-corrected chi connectivity index (χ1v) is 11.7. The Hall–Kier alpha value is -4.27. The summed E-state index contributed by atoms with van der Waals surface area (Å²) in [4.78, 5) is 27.1. The molecular formula is C28H29N5O3. The third-order valence-corrected chi connectivity index (χ3v) is 5.84. The summed E-state index contributed by atoms with van der Waals surface area (Å²) >= 11 is 0. The summed E-state index contributed by atoms with van der Waals surface area (Å²) in [6.07, 6.45) is 3.19. The minimum absolute atomic E-state index is 0.0494. The number of hydrazine groups is 1. The first-order chi connectivity index (χ1) is 17.5. The topological polar surface area (TPSA) is 112 Å². The number of esters is 1. The second-order valence-corrected chi connectivity index (χ2v) is 8.51. The fourth-order valence-electron chi connectivity index (χ4n) is 3.82. The Bertz CT molecular complexity index is 1220. The standard InChI is InChI=1S/C28H29N5O3/c29-27(30)23-11-13-25(14-12-23)36-28(35)24-9-6-21(7-10-24)8-15-26(34)31-33-18-16-32(17-19-33)20-22-4-2-1-3-5-22/h1-15H,16-20H2,(H3,29,30)(H,31,34). The summed E-state index contributed by atoms with van der Waals surface area (Å²) in [6.45, 7) is 4.22. The number of hydrogen-bond acceptors (Lipinski definition) is 6. The van der Waals surface area contributed by atoms with Gasteiger partial charge in [0.05, 0.1) is 5.56 Å². The maximum atomic E-state index is 12.4. The summed E-state index contributed by atoms with van der Waals surface area (Å²) in [7, 11) is 0. The normalized spacial score (nSPS) is 14.4. The summed E-state index contributed by atoms with van der Waals surface area (Å²) in [6, 6.07) is 23.6.